The van der Waals surface area contributed by atoms with E-state index in [2.05, 4.69) is 68.8 Å². The standard InChI is InChI=1S/C17H18N/c1-11-5-7-14-8-10-16-15(17(14)13(11)3)9-6-12(2)18(16)4/h5-10H,1-4H3/q+1. The van der Waals surface area contributed by atoms with Gasteiger partial charge in [-0.1, -0.05) is 12.1 Å². The second-order valence-electron chi connectivity index (χ2n) is 5.14. The van der Waals surface area contributed by atoms with Crippen LogP contribution in [0.25, 0.3) is 21.7 Å². The largest absolute Gasteiger partial charge is 0.213 e. The summed E-state index contributed by atoms with van der Waals surface area (Å²) in [7, 11) is 2.13. The lowest BCUT2D eigenvalue weighted by Gasteiger charge is -2.09. The van der Waals surface area contributed by atoms with Crippen molar-refractivity contribution in [2.45, 2.75) is 20.8 Å². The Balaban J connectivity index is 2.61. The summed E-state index contributed by atoms with van der Waals surface area (Å²) < 4.78 is 2.26. The number of nitrogens with zero attached hydrogens (tertiary/aromatic N) is 1. The van der Waals surface area contributed by atoms with Crippen LogP contribution in [0.5, 0.6) is 0 Å². The van der Waals surface area contributed by atoms with Gasteiger partial charge in [-0.25, -0.2) is 0 Å². The fraction of sp³-hybridized carbons (Fsp3) is 0.235. The van der Waals surface area contributed by atoms with E-state index in [9.17, 15) is 0 Å². The SMILES string of the molecule is Cc1ccc2ccc3c(ccc(C)[n+]3C)c2c1C. The van der Waals surface area contributed by atoms with Crippen molar-refractivity contribution in [3.63, 3.8) is 0 Å². The van der Waals surface area contributed by atoms with Gasteiger partial charge < -0.3 is 0 Å². The molecule has 3 rings (SSSR count). The molecule has 0 saturated carbocycles. The van der Waals surface area contributed by atoms with E-state index >= 15 is 0 Å². The highest BCUT2D eigenvalue weighted by Crippen LogP contribution is 2.28. The van der Waals surface area contributed by atoms with Crippen molar-refractivity contribution in [2.75, 3.05) is 0 Å². The van der Waals surface area contributed by atoms with Gasteiger partial charge in [0.25, 0.3) is 0 Å². The zero-order valence-electron chi connectivity index (χ0n) is 11.4. The topological polar surface area (TPSA) is 3.88 Å². The minimum atomic E-state index is 1.28. The van der Waals surface area contributed by atoms with Crippen molar-refractivity contribution in [1.29, 1.82) is 0 Å². The summed E-state index contributed by atoms with van der Waals surface area (Å²) in [4.78, 5) is 0. The predicted octanol–water partition coefficient (Wildman–Crippen LogP) is 3.74. The van der Waals surface area contributed by atoms with Gasteiger partial charge in [-0.15, -0.1) is 0 Å². The molecule has 0 N–H and O–H groups in total. The van der Waals surface area contributed by atoms with Crippen LogP contribution >= 0.6 is 0 Å². The molecule has 0 aliphatic heterocycles. The molecule has 0 amide bonds. The second kappa shape index (κ2) is 3.81. The third-order valence-corrected chi connectivity index (χ3v) is 4.12. The fourth-order valence-electron chi connectivity index (χ4n) is 2.69. The highest BCUT2D eigenvalue weighted by molar-refractivity contribution is 6.07. The van der Waals surface area contributed by atoms with Gasteiger partial charge in [0.15, 0.2) is 5.69 Å². The van der Waals surface area contributed by atoms with E-state index in [4.69, 9.17) is 0 Å². The first-order valence-electron chi connectivity index (χ1n) is 6.38. The number of aromatic nitrogens is 1. The molecule has 18 heavy (non-hydrogen) atoms. The normalized spacial score (nSPS) is 11.3. The maximum Gasteiger partial charge on any atom is 0.213 e. The molecule has 0 aliphatic carbocycles. The van der Waals surface area contributed by atoms with E-state index in [1.54, 1.807) is 0 Å². The molecule has 2 aromatic carbocycles. The van der Waals surface area contributed by atoms with Crippen molar-refractivity contribution >= 4 is 21.7 Å². The molecule has 0 aliphatic rings. The van der Waals surface area contributed by atoms with Gasteiger partial charge in [-0.3, -0.25) is 0 Å². The Morgan fingerprint density at radius 2 is 1.56 bits per heavy atom. The van der Waals surface area contributed by atoms with Crippen molar-refractivity contribution < 1.29 is 4.57 Å². The number of hydrogen-bond acceptors (Lipinski definition) is 0. The summed E-state index contributed by atoms with van der Waals surface area (Å²) in [5.41, 5.74) is 5.34. The summed E-state index contributed by atoms with van der Waals surface area (Å²) >= 11 is 0. The molecule has 0 atom stereocenters. The Bertz CT molecular complexity index is 770. The molecule has 0 unspecified atom stereocenters. The lowest BCUT2D eigenvalue weighted by molar-refractivity contribution is -0.651. The maximum atomic E-state index is 2.26. The van der Waals surface area contributed by atoms with Crippen LogP contribution in [0.15, 0.2) is 36.4 Å². The fourth-order valence-corrected chi connectivity index (χ4v) is 2.69. The molecule has 1 heteroatoms. The summed E-state index contributed by atoms with van der Waals surface area (Å²) in [5, 5.41) is 4.07. The van der Waals surface area contributed by atoms with Gasteiger partial charge in [0, 0.05) is 19.1 Å². The van der Waals surface area contributed by atoms with Crippen molar-refractivity contribution in [2.24, 2.45) is 7.05 Å². The summed E-state index contributed by atoms with van der Waals surface area (Å²) in [6, 6.07) is 13.3. The van der Waals surface area contributed by atoms with E-state index in [0.717, 1.165) is 0 Å². The van der Waals surface area contributed by atoms with Crippen molar-refractivity contribution in [1.82, 2.24) is 0 Å². The van der Waals surface area contributed by atoms with Gasteiger partial charge in [0.1, 0.15) is 7.05 Å². The molecule has 0 spiro atoms. The Hall–Kier alpha value is -1.89. The summed E-state index contributed by atoms with van der Waals surface area (Å²) in [6.07, 6.45) is 0. The lowest BCUT2D eigenvalue weighted by Crippen LogP contribution is -2.32. The third-order valence-electron chi connectivity index (χ3n) is 4.12. The molecule has 90 valence electrons. The first-order chi connectivity index (χ1) is 8.59. The van der Waals surface area contributed by atoms with Crippen LogP contribution in [0.4, 0.5) is 0 Å². The van der Waals surface area contributed by atoms with Gasteiger partial charge in [0.2, 0.25) is 5.52 Å². The van der Waals surface area contributed by atoms with Crippen LogP contribution in [0.3, 0.4) is 0 Å². The quantitative estimate of drug-likeness (QED) is 0.413. The minimum absolute atomic E-state index is 1.28. The number of rotatable bonds is 0. The monoisotopic (exact) mass is 236 g/mol. The van der Waals surface area contributed by atoms with Gasteiger partial charge >= 0.3 is 0 Å². The Morgan fingerprint density at radius 3 is 2.33 bits per heavy atom. The van der Waals surface area contributed by atoms with E-state index in [0.29, 0.717) is 0 Å². The van der Waals surface area contributed by atoms with Crippen LogP contribution < -0.4 is 4.57 Å². The lowest BCUT2D eigenvalue weighted by atomic mass is 9.97. The zero-order valence-corrected chi connectivity index (χ0v) is 11.4. The van der Waals surface area contributed by atoms with Crippen molar-refractivity contribution in [3.05, 3.63) is 53.2 Å². The van der Waals surface area contributed by atoms with Crippen LogP contribution in [0.2, 0.25) is 0 Å². The molecular weight excluding hydrogens is 218 g/mol. The van der Waals surface area contributed by atoms with Crippen LogP contribution in [-0.2, 0) is 7.05 Å². The number of hydrogen-bond donors (Lipinski definition) is 0. The number of aryl methyl sites for hydroxylation is 4. The molecule has 1 heterocycles. The molecule has 1 aromatic heterocycles. The number of pyridine rings is 1. The molecule has 0 radical (unpaired) electrons. The first-order valence-corrected chi connectivity index (χ1v) is 6.38. The average Bonchev–Trinajstić information content (AvgIpc) is 2.37. The van der Waals surface area contributed by atoms with Gasteiger partial charge in [-0.2, -0.15) is 4.57 Å². The Morgan fingerprint density at radius 1 is 0.833 bits per heavy atom. The van der Waals surface area contributed by atoms with Gasteiger partial charge in [0.05, 0.1) is 5.39 Å². The van der Waals surface area contributed by atoms with E-state index in [-0.39, 0.29) is 0 Å². The van der Waals surface area contributed by atoms with Gasteiger partial charge in [-0.05, 0) is 47.9 Å². The first kappa shape index (κ1) is 11.2. The highest BCUT2D eigenvalue weighted by Gasteiger charge is 2.12. The summed E-state index contributed by atoms with van der Waals surface area (Å²) in [6.45, 7) is 6.55. The summed E-state index contributed by atoms with van der Waals surface area (Å²) in [5.74, 6) is 0. The van der Waals surface area contributed by atoms with E-state index in [1.807, 2.05) is 0 Å². The van der Waals surface area contributed by atoms with Crippen molar-refractivity contribution in [3.8, 4) is 0 Å². The smallest absolute Gasteiger partial charge is 0.199 e. The maximum absolute atomic E-state index is 2.26. The predicted molar refractivity (Wildman–Crippen MR) is 76.8 cm³/mol. The van der Waals surface area contributed by atoms with Crippen LogP contribution in [0.1, 0.15) is 16.8 Å². The van der Waals surface area contributed by atoms with E-state index < -0.39 is 0 Å². The molecule has 1 nitrogen and oxygen atoms in total. The van der Waals surface area contributed by atoms with E-state index in [1.165, 1.54) is 38.5 Å². The third kappa shape index (κ3) is 1.43. The Kier molecular flexibility index (Phi) is 2.37. The van der Waals surface area contributed by atoms with Crippen LogP contribution in [0, 0.1) is 20.8 Å². The molecular formula is C17H18N+. The second-order valence-corrected chi connectivity index (χ2v) is 5.14. The Labute approximate surface area is 108 Å². The molecule has 0 saturated heterocycles. The molecule has 0 fully saturated rings. The number of benzene rings is 2. The number of fused-ring (bicyclic) bond motifs is 3. The average molecular weight is 236 g/mol. The molecule has 3 aromatic rings. The highest BCUT2D eigenvalue weighted by atomic mass is 14.9. The molecule has 0 bridgehead atoms. The van der Waals surface area contributed by atoms with Crippen LogP contribution in [-0.4, -0.2) is 0 Å². The zero-order chi connectivity index (χ0) is 12.9. The minimum Gasteiger partial charge on any atom is -0.199 e.